The van der Waals surface area contributed by atoms with Gasteiger partial charge >= 0.3 is 15.0 Å². The van der Waals surface area contributed by atoms with E-state index in [9.17, 15) is 0 Å². The molecule has 112 valence electrons. The molecule has 0 aromatic heterocycles. The Labute approximate surface area is 127 Å². The van der Waals surface area contributed by atoms with Crippen LogP contribution >= 0.6 is 15.0 Å². The normalized spacial score (nSPS) is 21.5. The summed E-state index contributed by atoms with van der Waals surface area (Å²) in [6.07, 6.45) is 0.729. The lowest BCUT2D eigenvalue weighted by Crippen LogP contribution is -2.07. The van der Waals surface area contributed by atoms with Crippen LogP contribution in [0.4, 0.5) is 0 Å². The van der Waals surface area contributed by atoms with Crippen LogP contribution in [0.1, 0.15) is 0 Å². The van der Waals surface area contributed by atoms with Crippen molar-refractivity contribution in [3.63, 3.8) is 0 Å². The van der Waals surface area contributed by atoms with Gasteiger partial charge in [0, 0.05) is 0 Å². The van der Waals surface area contributed by atoms with Crippen LogP contribution in [-0.4, -0.2) is 12.6 Å². The van der Waals surface area contributed by atoms with Gasteiger partial charge in [-0.2, -0.15) is 0 Å². The second-order valence-corrected chi connectivity index (χ2v) is 9.51. The summed E-state index contributed by atoms with van der Waals surface area (Å²) >= 11 is 0. The van der Waals surface area contributed by atoms with Crippen LogP contribution in [0.3, 0.4) is 0 Å². The van der Waals surface area contributed by atoms with Crippen molar-refractivity contribution in [1.29, 1.82) is 0 Å². The van der Waals surface area contributed by atoms with Crippen molar-refractivity contribution >= 4 is 15.0 Å². The van der Waals surface area contributed by atoms with Gasteiger partial charge in [0.2, 0.25) is 0 Å². The first kappa shape index (κ1) is 12.6. The molecule has 0 fully saturated rings. The predicted molar refractivity (Wildman–Crippen MR) is 83.8 cm³/mol. The Kier molecular flexibility index (Phi) is 2.47. The van der Waals surface area contributed by atoms with Crippen molar-refractivity contribution in [3.8, 4) is 23.0 Å². The third kappa shape index (κ3) is 1.81. The number of rotatable bonds is 0. The van der Waals surface area contributed by atoms with Crippen LogP contribution in [-0.2, 0) is 0 Å². The fourth-order valence-electron chi connectivity index (χ4n) is 2.53. The molecule has 0 N–H and O–H groups in total. The minimum atomic E-state index is -2.37. The third-order valence-electron chi connectivity index (χ3n) is 3.58. The van der Waals surface area contributed by atoms with E-state index in [1.165, 1.54) is 0 Å². The Bertz CT molecular complexity index is 764. The van der Waals surface area contributed by atoms with Gasteiger partial charge in [0.25, 0.3) is 0 Å². The van der Waals surface area contributed by atoms with E-state index >= 15 is 0 Å². The topological polar surface area (TPSA) is 61.6 Å². The van der Waals surface area contributed by atoms with Crippen molar-refractivity contribution in [1.82, 2.24) is 0 Å². The Balaban J connectivity index is 1.45. The highest BCUT2D eigenvalue weighted by Gasteiger charge is 2.43. The highest BCUT2D eigenvalue weighted by molar-refractivity contribution is 7.63. The van der Waals surface area contributed by atoms with E-state index in [0.717, 1.165) is 23.0 Å². The lowest BCUT2D eigenvalue weighted by molar-refractivity contribution is 0.527. The third-order valence-corrected chi connectivity index (χ3v) is 8.09. The number of para-hydroxylation sites is 4. The van der Waals surface area contributed by atoms with Crippen molar-refractivity contribution in [2.24, 2.45) is 9.49 Å². The van der Waals surface area contributed by atoms with E-state index in [0.29, 0.717) is 12.6 Å². The van der Waals surface area contributed by atoms with Crippen LogP contribution in [0, 0.1) is 0 Å². The minimum absolute atomic E-state index is 0.365. The molecule has 6 nitrogen and oxygen atoms in total. The fraction of sp³-hybridized carbons (Fsp3) is 0.143. The van der Waals surface area contributed by atoms with E-state index < -0.39 is 15.0 Å². The number of nitrogens with zero attached hydrogens (tertiary/aromatic N) is 2. The molecule has 2 aromatic rings. The molecular weight excluding hydrogens is 322 g/mol. The van der Waals surface area contributed by atoms with Gasteiger partial charge in [-0.3, -0.25) is 0 Å². The summed E-state index contributed by atoms with van der Waals surface area (Å²) in [5.74, 6) is 2.95. The molecule has 2 aromatic carbocycles. The monoisotopic (exact) mass is 334 g/mol. The molecule has 8 heteroatoms. The number of fused-ring (bicyclic) bond motifs is 2. The zero-order valence-corrected chi connectivity index (χ0v) is 13.2. The molecule has 0 radical (unpaired) electrons. The molecule has 0 saturated heterocycles. The maximum Gasteiger partial charge on any atom is 0.337 e. The van der Waals surface area contributed by atoms with Crippen LogP contribution < -0.4 is 18.1 Å². The maximum atomic E-state index is 5.95. The molecule has 3 heterocycles. The van der Waals surface area contributed by atoms with Gasteiger partial charge in [-0.05, 0) is 24.3 Å². The first-order valence-corrected chi connectivity index (χ1v) is 10.4. The molecule has 2 spiro atoms. The molecule has 3 aliphatic rings. The van der Waals surface area contributed by atoms with E-state index in [2.05, 4.69) is 9.49 Å². The minimum Gasteiger partial charge on any atom is -0.425 e. The lowest BCUT2D eigenvalue weighted by atomic mass is 10.3. The summed E-state index contributed by atoms with van der Waals surface area (Å²) in [7, 11) is -4.74. The van der Waals surface area contributed by atoms with Crippen molar-refractivity contribution in [2.45, 2.75) is 0 Å². The first-order valence-electron chi connectivity index (χ1n) is 6.87. The summed E-state index contributed by atoms with van der Waals surface area (Å²) in [6.45, 7) is 0. The highest BCUT2D eigenvalue weighted by Crippen LogP contribution is 2.69. The predicted octanol–water partition coefficient (Wildman–Crippen LogP) is 4.92. The SMILES string of the molecule is c1ccc2c(c1)OP1(=NCP3(=NC1)Oc1ccccc1O3)O2. The van der Waals surface area contributed by atoms with E-state index in [-0.39, 0.29) is 0 Å². The van der Waals surface area contributed by atoms with Gasteiger partial charge in [-0.1, -0.05) is 24.3 Å². The lowest BCUT2D eigenvalue weighted by Gasteiger charge is -2.24. The summed E-state index contributed by atoms with van der Waals surface area (Å²) in [4.78, 5) is 0. The second kappa shape index (κ2) is 4.31. The summed E-state index contributed by atoms with van der Waals surface area (Å²) in [5.41, 5.74) is 0. The van der Waals surface area contributed by atoms with Gasteiger partial charge < -0.3 is 18.1 Å². The fourth-order valence-corrected chi connectivity index (χ4v) is 7.90. The smallest absolute Gasteiger partial charge is 0.337 e. The average Bonchev–Trinajstić information content (AvgIpc) is 3.09. The Morgan fingerprint density at radius 3 is 1.18 bits per heavy atom. The van der Waals surface area contributed by atoms with Crippen LogP contribution in [0.2, 0.25) is 0 Å². The molecule has 0 amide bonds. The van der Waals surface area contributed by atoms with Crippen molar-refractivity contribution in [2.75, 3.05) is 12.6 Å². The number of hydrogen-bond acceptors (Lipinski definition) is 6. The Morgan fingerprint density at radius 2 is 0.909 bits per heavy atom. The highest BCUT2D eigenvalue weighted by atomic mass is 31.2. The standard InChI is InChI=1S/C14H12N2O4P2/c1-2-6-12-11(5-1)17-21(18-12)9-16-22(10-15-21)19-13-7-3-4-8-14(13)20-22/h1-8H,9-10H2. The molecular formula is C14H12N2O4P2. The van der Waals surface area contributed by atoms with E-state index in [1.807, 2.05) is 48.5 Å². The number of hydrogen-bond donors (Lipinski definition) is 0. The molecule has 0 aliphatic carbocycles. The molecule has 0 unspecified atom stereocenters. The molecule has 22 heavy (non-hydrogen) atoms. The summed E-state index contributed by atoms with van der Waals surface area (Å²) in [5, 5.41) is 0. The summed E-state index contributed by atoms with van der Waals surface area (Å²) < 4.78 is 33.1. The quantitative estimate of drug-likeness (QED) is 0.642. The number of benzene rings is 2. The van der Waals surface area contributed by atoms with Crippen molar-refractivity contribution in [3.05, 3.63) is 48.5 Å². The Morgan fingerprint density at radius 1 is 0.591 bits per heavy atom. The van der Waals surface area contributed by atoms with E-state index in [1.54, 1.807) is 0 Å². The maximum absolute atomic E-state index is 5.95. The Hall–Kier alpha value is -1.90. The van der Waals surface area contributed by atoms with Crippen LogP contribution in [0.5, 0.6) is 23.0 Å². The molecule has 0 saturated carbocycles. The van der Waals surface area contributed by atoms with Crippen LogP contribution in [0.15, 0.2) is 58.0 Å². The van der Waals surface area contributed by atoms with Gasteiger partial charge in [-0.25, -0.2) is 9.49 Å². The molecule has 0 bridgehead atoms. The first-order chi connectivity index (χ1) is 10.8. The zero-order valence-electron chi connectivity index (χ0n) is 11.5. The molecule has 0 atom stereocenters. The van der Waals surface area contributed by atoms with Gasteiger partial charge in [0.05, 0.1) is 0 Å². The van der Waals surface area contributed by atoms with Gasteiger partial charge in [0.15, 0.2) is 23.0 Å². The molecule has 5 rings (SSSR count). The zero-order chi connectivity index (χ0) is 14.6. The van der Waals surface area contributed by atoms with Gasteiger partial charge in [0.1, 0.15) is 12.6 Å². The summed E-state index contributed by atoms with van der Waals surface area (Å²) in [6, 6.07) is 15.2. The van der Waals surface area contributed by atoms with Gasteiger partial charge in [-0.15, -0.1) is 0 Å². The second-order valence-electron chi connectivity index (χ2n) is 5.10. The van der Waals surface area contributed by atoms with E-state index in [4.69, 9.17) is 18.1 Å². The average molecular weight is 334 g/mol. The van der Waals surface area contributed by atoms with Crippen LogP contribution in [0.25, 0.3) is 0 Å². The van der Waals surface area contributed by atoms with Crippen molar-refractivity contribution < 1.29 is 18.1 Å². The molecule has 3 aliphatic heterocycles. The largest absolute Gasteiger partial charge is 0.425 e.